The summed E-state index contributed by atoms with van der Waals surface area (Å²) in [6.07, 6.45) is -1.80. The number of carbonyl (C=O) groups excluding carboxylic acids is 3. The standard InChI is InChI=1S/C17H23NO7/c1-17(2,3)25-15(20)18-13(14(19)22-4)11-24-16(21)23-10-12-8-6-5-7-9-12/h5-9,13H,10-11H2,1-4H3,(H,18,20). The van der Waals surface area contributed by atoms with Gasteiger partial charge in [-0.05, 0) is 26.3 Å². The molecule has 0 aromatic heterocycles. The molecule has 0 saturated carbocycles. The van der Waals surface area contributed by atoms with E-state index in [9.17, 15) is 14.4 Å². The Balaban J connectivity index is 2.48. The number of amides is 1. The van der Waals surface area contributed by atoms with E-state index in [2.05, 4.69) is 10.1 Å². The van der Waals surface area contributed by atoms with Crippen molar-refractivity contribution < 1.29 is 33.3 Å². The van der Waals surface area contributed by atoms with Gasteiger partial charge in [0.25, 0.3) is 0 Å². The zero-order valence-electron chi connectivity index (χ0n) is 14.7. The third-order valence-corrected chi connectivity index (χ3v) is 2.74. The van der Waals surface area contributed by atoms with Crippen molar-refractivity contribution in [1.29, 1.82) is 0 Å². The molecule has 0 aliphatic rings. The third-order valence-electron chi connectivity index (χ3n) is 2.74. The molecule has 8 nitrogen and oxygen atoms in total. The van der Waals surface area contributed by atoms with Crippen molar-refractivity contribution in [2.75, 3.05) is 13.7 Å². The van der Waals surface area contributed by atoms with Crippen LogP contribution in [0.2, 0.25) is 0 Å². The van der Waals surface area contributed by atoms with Crippen molar-refractivity contribution in [3.63, 3.8) is 0 Å². The number of esters is 1. The van der Waals surface area contributed by atoms with E-state index in [1.54, 1.807) is 32.9 Å². The largest absolute Gasteiger partial charge is 0.508 e. The first-order valence-corrected chi connectivity index (χ1v) is 7.62. The second-order valence-electron chi connectivity index (χ2n) is 6.06. The number of methoxy groups -OCH3 is 1. The highest BCUT2D eigenvalue weighted by Crippen LogP contribution is 2.07. The molecule has 0 saturated heterocycles. The Morgan fingerprint density at radius 3 is 2.28 bits per heavy atom. The Labute approximate surface area is 146 Å². The van der Waals surface area contributed by atoms with Crippen LogP contribution in [0.15, 0.2) is 30.3 Å². The molecule has 1 amide bonds. The Morgan fingerprint density at radius 1 is 1.08 bits per heavy atom. The lowest BCUT2D eigenvalue weighted by molar-refractivity contribution is -0.144. The lowest BCUT2D eigenvalue weighted by Gasteiger charge is -2.22. The molecule has 1 rings (SSSR count). The molecular formula is C17H23NO7. The number of ether oxygens (including phenoxy) is 4. The molecule has 138 valence electrons. The summed E-state index contributed by atoms with van der Waals surface area (Å²) in [5.41, 5.74) is 0.0519. The van der Waals surface area contributed by atoms with Crippen LogP contribution in [0.4, 0.5) is 9.59 Å². The van der Waals surface area contributed by atoms with Crippen LogP contribution >= 0.6 is 0 Å². The lowest BCUT2D eigenvalue weighted by Crippen LogP contribution is -2.47. The molecule has 25 heavy (non-hydrogen) atoms. The third kappa shape index (κ3) is 8.59. The molecule has 8 heteroatoms. The SMILES string of the molecule is COC(=O)C(COC(=O)OCc1ccccc1)NC(=O)OC(C)(C)C. The minimum absolute atomic E-state index is 0.0298. The maximum atomic E-state index is 11.7. The number of hydrogen-bond acceptors (Lipinski definition) is 7. The average molecular weight is 353 g/mol. The summed E-state index contributed by atoms with van der Waals surface area (Å²) >= 11 is 0. The predicted octanol–water partition coefficient (Wildman–Crippen LogP) is 2.41. The Bertz CT molecular complexity index is 580. The highest BCUT2D eigenvalue weighted by atomic mass is 16.7. The summed E-state index contributed by atoms with van der Waals surface area (Å²) in [6.45, 7) is 4.62. The van der Waals surface area contributed by atoms with Gasteiger partial charge in [0.2, 0.25) is 0 Å². The number of benzene rings is 1. The van der Waals surface area contributed by atoms with E-state index in [-0.39, 0.29) is 6.61 Å². The van der Waals surface area contributed by atoms with Gasteiger partial charge in [0.1, 0.15) is 18.8 Å². The number of hydrogen-bond donors (Lipinski definition) is 1. The van der Waals surface area contributed by atoms with E-state index in [4.69, 9.17) is 14.2 Å². The van der Waals surface area contributed by atoms with E-state index in [1.807, 2.05) is 18.2 Å². The molecule has 0 spiro atoms. The lowest BCUT2D eigenvalue weighted by atomic mass is 10.2. The van der Waals surface area contributed by atoms with Crippen LogP contribution in [-0.2, 0) is 30.3 Å². The Morgan fingerprint density at radius 2 is 1.72 bits per heavy atom. The fourth-order valence-corrected chi connectivity index (χ4v) is 1.67. The number of alkyl carbamates (subject to hydrolysis) is 1. The maximum absolute atomic E-state index is 11.7. The number of rotatable bonds is 6. The van der Waals surface area contributed by atoms with Crippen molar-refractivity contribution in [3.8, 4) is 0 Å². The quantitative estimate of drug-likeness (QED) is 0.619. The molecule has 1 atom stereocenters. The average Bonchev–Trinajstić information content (AvgIpc) is 2.55. The van der Waals surface area contributed by atoms with Crippen LogP contribution in [0.5, 0.6) is 0 Å². The molecule has 0 heterocycles. The van der Waals surface area contributed by atoms with Gasteiger partial charge < -0.3 is 24.3 Å². The summed E-state index contributed by atoms with van der Waals surface area (Å²) in [4.78, 5) is 35.0. The molecule has 0 radical (unpaired) electrons. The van der Waals surface area contributed by atoms with E-state index >= 15 is 0 Å². The van der Waals surface area contributed by atoms with Gasteiger partial charge in [-0.3, -0.25) is 0 Å². The molecule has 1 aromatic carbocycles. The molecule has 0 aliphatic heterocycles. The minimum atomic E-state index is -1.20. The molecule has 1 aromatic rings. The number of carbonyl (C=O) groups is 3. The smallest absolute Gasteiger partial charge is 0.467 e. The number of nitrogens with one attached hydrogen (secondary N) is 1. The summed E-state index contributed by atoms with van der Waals surface area (Å²) < 4.78 is 19.4. The van der Waals surface area contributed by atoms with Crippen LogP contribution in [0.3, 0.4) is 0 Å². The van der Waals surface area contributed by atoms with E-state index in [0.717, 1.165) is 12.7 Å². The first kappa shape index (κ1) is 20.3. The predicted molar refractivity (Wildman–Crippen MR) is 87.8 cm³/mol. The molecule has 1 N–H and O–H groups in total. The van der Waals surface area contributed by atoms with Crippen LogP contribution in [-0.4, -0.2) is 43.6 Å². The van der Waals surface area contributed by atoms with Gasteiger partial charge in [-0.15, -0.1) is 0 Å². The first-order valence-electron chi connectivity index (χ1n) is 7.62. The van der Waals surface area contributed by atoms with Gasteiger partial charge in [0.05, 0.1) is 7.11 Å². The van der Waals surface area contributed by atoms with Gasteiger partial charge in [-0.2, -0.15) is 0 Å². The van der Waals surface area contributed by atoms with E-state index in [1.165, 1.54) is 0 Å². The topological polar surface area (TPSA) is 100 Å². The molecule has 0 fully saturated rings. The van der Waals surface area contributed by atoms with Gasteiger partial charge in [0, 0.05) is 0 Å². The maximum Gasteiger partial charge on any atom is 0.508 e. The van der Waals surface area contributed by atoms with Crippen molar-refractivity contribution in [3.05, 3.63) is 35.9 Å². The zero-order valence-corrected chi connectivity index (χ0v) is 14.7. The van der Waals surface area contributed by atoms with Crippen molar-refractivity contribution in [1.82, 2.24) is 5.32 Å². The summed E-state index contributed by atoms with van der Waals surface area (Å²) in [5.74, 6) is -0.776. The van der Waals surface area contributed by atoms with Crippen LogP contribution < -0.4 is 5.32 Å². The van der Waals surface area contributed by atoms with Crippen molar-refractivity contribution in [2.45, 2.75) is 39.0 Å². The highest BCUT2D eigenvalue weighted by Gasteiger charge is 2.26. The fraction of sp³-hybridized carbons (Fsp3) is 0.471. The summed E-state index contributed by atoms with van der Waals surface area (Å²) in [5, 5.41) is 2.28. The van der Waals surface area contributed by atoms with Crippen LogP contribution in [0, 0.1) is 0 Å². The van der Waals surface area contributed by atoms with Gasteiger partial charge in [0.15, 0.2) is 6.04 Å². The van der Waals surface area contributed by atoms with Crippen molar-refractivity contribution >= 4 is 18.2 Å². The molecular weight excluding hydrogens is 330 g/mol. The zero-order chi connectivity index (χ0) is 18.9. The minimum Gasteiger partial charge on any atom is -0.467 e. The monoisotopic (exact) mass is 353 g/mol. The summed E-state index contributed by atoms with van der Waals surface area (Å²) in [7, 11) is 1.15. The second kappa shape index (κ2) is 9.51. The summed E-state index contributed by atoms with van der Waals surface area (Å²) in [6, 6.07) is 7.82. The fourth-order valence-electron chi connectivity index (χ4n) is 1.67. The molecule has 1 unspecified atom stereocenters. The van der Waals surface area contributed by atoms with E-state index in [0.29, 0.717) is 0 Å². The Hall–Kier alpha value is -2.77. The van der Waals surface area contributed by atoms with Gasteiger partial charge >= 0.3 is 18.2 Å². The normalized spacial score (nSPS) is 11.8. The second-order valence-corrected chi connectivity index (χ2v) is 6.06. The first-order chi connectivity index (χ1) is 11.7. The van der Waals surface area contributed by atoms with Crippen molar-refractivity contribution in [2.24, 2.45) is 0 Å². The molecule has 0 aliphatic carbocycles. The van der Waals surface area contributed by atoms with E-state index < -0.39 is 36.5 Å². The van der Waals surface area contributed by atoms with Crippen LogP contribution in [0.1, 0.15) is 26.3 Å². The van der Waals surface area contributed by atoms with Gasteiger partial charge in [-0.1, -0.05) is 30.3 Å². The molecule has 0 bridgehead atoms. The highest BCUT2D eigenvalue weighted by molar-refractivity contribution is 5.81. The van der Waals surface area contributed by atoms with Crippen LogP contribution in [0.25, 0.3) is 0 Å². The Kier molecular flexibility index (Phi) is 7.71. The van der Waals surface area contributed by atoms with Gasteiger partial charge in [-0.25, -0.2) is 14.4 Å².